The van der Waals surface area contributed by atoms with Gasteiger partial charge in [0, 0.05) is 67.9 Å². The number of hydrogen-bond acceptors (Lipinski definition) is 14. The second-order valence-corrected chi connectivity index (χ2v) is 16.4. The zero-order valence-corrected chi connectivity index (χ0v) is 36.9. The van der Waals surface area contributed by atoms with Crippen molar-refractivity contribution in [3.8, 4) is 11.5 Å². The van der Waals surface area contributed by atoms with Crippen molar-refractivity contribution in [2.75, 3.05) is 56.1 Å². The van der Waals surface area contributed by atoms with Gasteiger partial charge in [-0.3, -0.25) is 29.2 Å². The maximum atomic E-state index is 13.7. The van der Waals surface area contributed by atoms with Crippen LogP contribution in [0.3, 0.4) is 0 Å². The first-order valence-corrected chi connectivity index (χ1v) is 22.1. The van der Waals surface area contributed by atoms with Crippen molar-refractivity contribution in [1.82, 2.24) is 34.2 Å². The Kier molecular flexibility index (Phi) is 16.4. The predicted octanol–water partition coefficient (Wildman–Crippen LogP) is 4.44. The molecule has 7 N–H and O–H groups in total. The van der Waals surface area contributed by atoms with E-state index < -0.39 is 23.7 Å². The molecule has 3 heterocycles. The molecule has 330 valence electrons. The Morgan fingerprint density at radius 1 is 0.871 bits per heavy atom. The second-order valence-electron chi connectivity index (χ2n) is 13.7. The number of rotatable bonds is 24. The highest BCUT2D eigenvalue weighted by atomic mass is 33.1. The van der Waals surface area contributed by atoms with Gasteiger partial charge in [-0.25, -0.2) is 14.8 Å². The summed E-state index contributed by atoms with van der Waals surface area (Å²) in [5.74, 6) is 0.325. The van der Waals surface area contributed by atoms with Crippen LogP contribution in [0.1, 0.15) is 63.6 Å². The minimum Gasteiger partial charge on any atom is -0.494 e. The van der Waals surface area contributed by atoms with Crippen LogP contribution >= 0.6 is 21.6 Å². The van der Waals surface area contributed by atoms with E-state index >= 15 is 0 Å². The van der Waals surface area contributed by atoms with E-state index in [1.807, 2.05) is 23.6 Å². The number of carbonyl (C=O) groups is 5. The number of primary amides is 2. The molecule has 0 saturated carbocycles. The molecule has 0 bridgehead atoms. The quantitative estimate of drug-likeness (QED) is 0.0189. The maximum Gasteiger partial charge on any atom is 0.333 e. The first-order valence-electron chi connectivity index (χ1n) is 19.6. The molecule has 5 rings (SSSR count). The molecule has 0 spiro atoms. The Balaban J connectivity index is 1.34. The summed E-state index contributed by atoms with van der Waals surface area (Å²) in [4.78, 5) is 71.5. The Hall–Kier alpha value is -6.48. The van der Waals surface area contributed by atoms with Crippen LogP contribution in [-0.4, -0.2) is 104 Å². The smallest absolute Gasteiger partial charge is 0.333 e. The number of methoxy groups -OCH3 is 1. The van der Waals surface area contributed by atoms with Crippen LogP contribution < -0.4 is 36.9 Å². The predicted molar refractivity (Wildman–Crippen MR) is 241 cm³/mol. The molecular weight excluding hydrogens is 839 g/mol. The highest BCUT2D eigenvalue weighted by Crippen LogP contribution is 2.33. The average Bonchev–Trinajstić information content (AvgIpc) is 3.92. The number of amides is 4. The lowest BCUT2D eigenvalue weighted by atomic mass is 10.1. The molecule has 4 amide bonds. The number of allylic oxidation sites excluding steroid dienone is 2. The van der Waals surface area contributed by atoms with Crippen LogP contribution in [0.4, 0.5) is 11.9 Å². The third-order valence-corrected chi connectivity index (χ3v) is 11.5. The maximum absolute atomic E-state index is 13.7. The van der Waals surface area contributed by atoms with E-state index in [0.717, 1.165) is 0 Å². The summed E-state index contributed by atoms with van der Waals surface area (Å²) in [5, 5.41) is 13.3. The molecule has 0 aliphatic heterocycles. The fourth-order valence-corrected chi connectivity index (χ4v) is 8.08. The van der Waals surface area contributed by atoms with E-state index in [1.54, 1.807) is 48.3 Å². The molecule has 62 heavy (non-hydrogen) atoms. The molecule has 0 aliphatic carbocycles. The third kappa shape index (κ3) is 11.7. The second kappa shape index (κ2) is 21.9. The molecular formula is C41H51N11O8S2. The average molecular weight is 890 g/mol. The normalized spacial score (nSPS) is 11.2. The third-order valence-electron chi connectivity index (χ3n) is 9.17. The molecule has 0 saturated heterocycles. The Morgan fingerprint density at radius 2 is 1.48 bits per heavy atom. The molecule has 0 radical (unpaired) electrons. The number of benzene rings is 2. The summed E-state index contributed by atoms with van der Waals surface area (Å²) in [5.41, 5.74) is 15.1. The molecule has 0 unspecified atom stereocenters. The van der Waals surface area contributed by atoms with Crippen molar-refractivity contribution in [2.24, 2.45) is 11.5 Å². The van der Waals surface area contributed by atoms with Gasteiger partial charge in [0.15, 0.2) is 0 Å². The fraction of sp³-hybridized carbons (Fsp3) is 0.366. The topological polar surface area (TPSA) is 255 Å². The molecule has 0 fully saturated rings. The lowest BCUT2D eigenvalue weighted by Gasteiger charge is -2.13. The lowest BCUT2D eigenvalue weighted by Crippen LogP contribution is -2.25. The molecule has 19 nitrogen and oxygen atoms in total. The fourth-order valence-electron chi connectivity index (χ4n) is 6.26. The van der Waals surface area contributed by atoms with E-state index in [0.29, 0.717) is 100 Å². The van der Waals surface area contributed by atoms with Gasteiger partial charge in [0.25, 0.3) is 5.91 Å². The zero-order chi connectivity index (χ0) is 44.9. The highest BCUT2D eigenvalue weighted by molar-refractivity contribution is 8.76. The van der Waals surface area contributed by atoms with Crippen molar-refractivity contribution in [1.29, 1.82) is 0 Å². The van der Waals surface area contributed by atoms with Crippen LogP contribution in [0.25, 0.3) is 22.1 Å². The van der Waals surface area contributed by atoms with Crippen LogP contribution in [0.15, 0.2) is 54.6 Å². The largest absolute Gasteiger partial charge is 0.494 e. The van der Waals surface area contributed by atoms with Crippen LogP contribution in [0.2, 0.25) is 0 Å². The van der Waals surface area contributed by atoms with E-state index in [1.165, 1.54) is 40.8 Å². The first kappa shape index (κ1) is 46.6. The van der Waals surface area contributed by atoms with Gasteiger partial charge in [-0.05, 0) is 57.5 Å². The van der Waals surface area contributed by atoms with Crippen LogP contribution in [0, 0.1) is 6.92 Å². The number of aryl methyl sites for hydroxylation is 2. The van der Waals surface area contributed by atoms with Crippen molar-refractivity contribution in [2.45, 2.75) is 53.2 Å². The number of carbonyl (C=O) groups excluding carboxylic acids is 5. The number of nitrogens with zero attached hydrogens (tertiary/aromatic N) is 6. The van der Waals surface area contributed by atoms with Gasteiger partial charge < -0.3 is 45.4 Å². The number of anilines is 2. The van der Waals surface area contributed by atoms with Crippen molar-refractivity contribution >= 4 is 85.1 Å². The number of fused-ring (bicyclic) bond motifs is 2. The SMILES string of the molecule is C=C(C)C(=O)OCCSSCCC(=O)NCCCOc1cc(C(N)=O)cc2nc(NC(=O)c3cc(C)nn3CC)n(C/C=C/Cn3c(NC)nc4cc(C(N)=O)cc(OC)c43)c12. The van der Waals surface area contributed by atoms with Gasteiger partial charge in [0.1, 0.15) is 34.8 Å². The number of aromatic nitrogens is 6. The summed E-state index contributed by atoms with van der Waals surface area (Å²) in [7, 11) is 6.26. The summed E-state index contributed by atoms with van der Waals surface area (Å²) in [6.07, 6.45) is 4.53. The van der Waals surface area contributed by atoms with Gasteiger partial charge in [0.2, 0.25) is 29.6 Å². The van der Waals surface area contributed by atoms with Gasteiger partial charge in [0.05, 0.1) is 30.4 Å². The Labute approximate surface area is 365 Å². The molecule has 21 heteroatoms. The highest BCUT2D eigenvalue weighted by Gasteiger charge is 2.22. The number of esters is 1. The summed E-state index contributed by atoms with van der Waals surface area (Å²) in [6.45, 7) is 10.6. The number of hydrogen-bond donors (Lipinski definition) is 5. The number of nitrogens with one attached hydrogen (secondary N) is 3. The zero-order valence-electron chi connectivity index (χ0n) is 35.2. The number of ether oxygens (including phenoxy) is 3. The first-order chi connectivity index (χ1) is 29.8. The Bertz CT molecular complexity index is 2510. The van der Waals surface area contributed by atoms with Crippen molar-refractivity contribution in [3.63, 3.8) is 0 Å². The monoisotopic (exact) mass is 889 g/mol. The molecule has 0 atom stereocenters. The molecule has 3 aromatic heterocycles. The van der Waals surface area contributed by atoms with Gasteiger partial charge >= 0.3 is 5.97 Å². The standard InChI is InChI=1S/C41H51N11O8S2/c1-7-52-30(19-25(4)49-52)38(56)48-41-47-29-21-27(37(43)55)23-32(59-15-10-12-45-33(53)11-17-61-62-18-16-60-39(57)24(2)3)35(29)51(41)14-9-8-13-50-34-28(46-40(50)44-5)20-26(36(42)54)22-31(34)58-6/h8-9,19-23H,2,7,10-18H2,1,3-6H3,(H2,42,54)(H2,43,55)(H,44,46)(H,45,53)(H,47,48,56)/b9-8+. The number of nitrogens with two attached hydrogens (primary N) is 2. The van der Waals surface area contributed by atoms with Gasteiger partial charge in [-0.15, -0.1) is 0 Å². The minimum absolute atomic E-state index is 0.117. The Morgan fingerprint density at radius 3 is 2.10 bits per heavy atom. The van der Waals surface area contributed by atoms with E-state index in [-0.39, 0.29) is 42.7 Å². The van der Waals surface area contributed by atoms with Crippen molar-refractivity contribution in [3.05, 3.63) is 77.2 Å². The van der Waals surface area contributed by atoms with E-state index in [9.17, 15) is 24.0 Å². The molecule has 0 aliphatic rings. The summed E-state index contributed by atoms with van der Waals surface area (Å²) >= 11 is 0. The van der Waals surface area contributed by atoms with E-state index in [2.05, 4.69) is 32.6 Å². The van der Waals surface area contributed by atoms with Gasteiger partial charge in [-0.2, -0.15) is 5.10 Å². The molecule has 5 aromatic rings. The summed E-state index contributed by atoms with van der Waals surface area (Å²) < 4.78 is 22.2. The van der Waals surface area contributed by atoms with Crippen molar-refractivity contribution < 1.29 is 38.2 Å². The van der Waals surface area contributed by atoms with Crippen LogP contribution in [0.5, 0.6) is 11.5 Å². The number of imidazole rings is 2. The summed E-state index contributed by atoms with van der Waals surface area (Å²) in [6, 6.07) is 7.93. The lowest BCUT2D eigenvalue weighted by molar-refractivity contribution is -0.138. The van der Waals surface area contributed by atoms with E-state index in [4.69, 9.17) is 30.7 Å². The van der Waals surface area contributed by atoms with Gasteiger partial charge in [-0.1, -0.05) is 40.3 Å². The molecule has 2 aromatic carbocycles. The van der Waals surface area contributed by atoms with Crippen LogP contribution in [-0.2, 0) is 34.0 Å². The minimum atomic E-state index is -0.693.